The second kappa shape index (κ2) is 6.21. The zero-order chi connectivity index (χ0) is 14.5. The van der Waals surface area contributed by atoms with Crippen LogP contribution in [0.1, 0.15) is 21.6 Å². The van der Waals surface area contributed by atoms with E-state index in [1.807, 2.05) is 32.3 Å². The molecule has 1 aromatic heterocycles. The molecule has 0 aliphatic rings. The van der Waals surface area contributed by atoms with Gasteiger partial charge in [0, 0.05) is 37.5 Å². The number of carbonyl (C=O) groups is 1. The van der Waals surface area contributed by atoms with Crippen LogP contribution in [0.25, 0.3) is 0 Å². The highest BCUT2D eigenvalue weighted by Gasteiger charge is 2.09. The fraction of sp³-hybridized carbons (Fsp3) is 0.286. The quantitative estimate of drug-likeness (QED) is 0.560. The van der Waals surface area contributed by atoms with Gasteiger partial charge in [-0.1, -0.05) is 0 Å². The third kappa shape index (κ3) is 3.36. The third-order valence-electron chi connectivity index (χ3n) is 3.07. The van der Waals surface area contributed by atoms with Gasteiger partial charge in [0.15, 0.2) is 0 Å². The molecule has 0 atom stereocenters. The highest BCUT2D eigenvalue weighted by atomic mass is 16.1. The van der Waals surface area contributed by atoms with E-state index in [2.05, 4.69) is 15.8 Å². The average Bonchev–Trinajstić information content (AvgIpc) is 2.84. The number of amides is 1. The van der Waals surface area contributed by atoms with Gasteiger partial charge in [0.1, 0.15) is 0 Å². The Bertz CT molecular complexity index is 605. The SMILES string of the molecule is Cc1cc(NN)ccc1C(=O)NCCc1ccn(C)n1. The molecule has 0 unspecified atom stereocenters. The van der Waals surface area contributed by atoms with E-state index < -0.39 is 0 Å². The minimum Gasteiger partial charge on any atom is -0.352 e. The Kier molecular flexibility index (Phi) is 4.37. The van der Waals surface area contributed by atoms with Crippen molar-refractivity contribution < 1.29 is 4.79 Å². The van der Waals surface area contributed by atoms with Crippen LogP contribution in [-0.2, 0) is 13.5 Å². The van der Waals surface area contributed by atoms with Crippen LogP contribution in [0.3, 0.4) is 0 Å². The molecule has 0 saturated carbocycles. The van der Waals surface area contributed by atoms with Gasteiger partial charge in [0.05, 0.1) is 5.69 Å². The van der Waals surface area contributed by atoms with Gasteiger partial charge in [0.25, 0.3) is 5.91 Å². The van der Waals surface area contributed by atoms with E-state index in [0.29, 0.717) is 18.5 Å². The lowest BCUT2D eigenvalue weighted by Gasteiger charge is -2.08. The second-order valence-electron chi connectivity index (χ2n) is 4.66. The Balaban J connectivity index is 1.91. The number of hydrogen-bond acceptors (Lipinski definition) is 4. The number of nitrogens with zero attached hydrogens (tertiary/aromatic N) is 2. The summed E-state index contributed by atoms with van der Waals surface area (Å²) >= 11 is 0. The topological polar surface area (TPSA) is 85.0 Å². The number of carbonyl (C=O) groups excluding carboxylic acids is 1. The van der Waals surface area contributed by atoms with Crippen LogP contribution in [0.15, 0.2) is 30.5 Å². The molecule has 6 heteroatoms. The van der Waals surface area contributed by atoms with E-state index in [-0.39, 0.29) is 5.91 Å². The summed E-state index contributed by atoms with van der Waals surface area (Å²) < 4.78 is 1.75. The van der Waals surface area contributed by atoms with Crippen LogP contribution < -0.4 is 16.6 Å². The van der Waals surface area contributed by atoms with Crippen LogP contribution in [0.5, 0.6) is 0 Å². The van der Waals surface area contributed by atoms with Crippen molar-refractivity contribution in [1.29, 1.82) is 0 Å². The number of rotatable bonds is 5. The molecule has 0 spiro atoms. The molecule has 0 aliphatic carbocycles. The highest BCUT2D eigenvalue weighted by molar-refractivity contribution is 5.96. The monoisotopic (exact) mass is 273 g/mol. The summed E-state index contributed by atoms with van der Waals surface area (Å²) in [5.41, 5.74) is 5.85. The van der Waals surface area contributed by atoms with E-state index in [4.69, 9.17) is 5.84 Å². The van der Waals surface area contributed by atoms with E-state index >= 15 is 0 Å². The van der Waals surface area contributed by atoms with Gasteiger partial charge in [-0.15, -0.1) is 0 Å². The highest BCUT2D eigenvalue weighted by Crippen LogP contribution is 2.14. The Morgan fingerprint density at radius 2 is 2.20 bits per heavy atom. The maximum Gasteiger partial charge on any atom is 0.251 e. The molecule has 1 heterocycles. The summed E-state index contributed by atoms with van der Waals surface area (Å²) in [7, 11) is 1.87. The molecule has 0 bridgehead atoms. The molecule has 0 aliphatic heterocycles. The molecule has 1 amide bonds. The molecular formula is C14H19N5O. The fourth-order valence-corrected chi connectivity index (χ4v) is 2.00. The number of nitrogen functional groups attached to an aromatic ring is 1. The number of hydrogen-bond donors (Lipinski definition) is 3. The lowest BCUT2D eigenvalue weighted by atomic mass is 10.1. The number of aromatic nitrogens is 2. The van der Waals surface area contributed by atoms with Crippen LogP contribution in [0, 0.1) is 6.92 Å². The first kappa shape index (κ1) is 14.1. The second-order valence-corrected chi connectivity index (χ2v) is 4.66. The van der Waals surface area contributed by atoms with E-state index in [1.165, 1.54) is 0 Å². The van der Waals surface area contributed by atoms with Gasteiger partial charge in [-0.25, -0.2) is 0 Å². The van der Waals surface area contributed by atoms with Crippen LogP contribution >= 0.6 is 0 Å². The van der Waals surface area contributed by atoms with Crippen molar-refractivity contribution in [3.05, 3.63) is 47.3 Å². The molecular weight excluding hydrogens is 254 g/mol. The number of nitrogens with one attached hydrogen (secondary N) is 2. The predicted octanol–water partition coefficient (Wildman–Crippen LogP) is 0.987. The van der Waals surface area contributed by atoms with Crippen LogP contribution in [0.2, 0.25) is 0 Å². The molecule has 2 aromatic rings. The van der Waals surface area contributed by atoms with Crippen LogP contribution in [-0.4, -0.2) is 22.2 Å². The molecule has 0 saturated heterocycles. The largest absolute Gasteiger partial charge is 0.352 e. The van der Waals surface area contributed by atoms with Gasteiger partial charge in [-0.2, -0.15) is 5.10 Å². The third-order valence-corrected chi connectivity index (χ3v) is 3.07. The molecule has 1 aromatic carbocycles. The van der Waals surface area contributed by atoms with Crippen molar-refractivity contribution >= 4 is 11.6 Å². The first-order valence-corrected chi connectivity index (χ1v) is 6.44. The first-order valence-electron chi connectivity index (χ1n) is 6.44. The normalized spacial score (nSPS) is 10.3. The number of nitrogens with two attached hydrogens (primary N) is 1. The van der Waals surface area contributed by atoms with Crippen molar-refractivity contribution in [3.63, 3.8) is 0 Å². The molecule has 2 rings (SSSR count). The van der Waals surface area contributed by atoms with Gasteiger partial charge in [-0.05, 0) is 36.8 Å². The molecule has 6 nitrogen and oxygen atoms in total. The molecule has 4 N–H and O–H groups in total. The summed E-state index contributed by atoms with van der Waals surface area (Å²) in [5.74, 6) is 5.25. The molecule has 106 valence electrons. The smallest absolute Gasteiger partial charge is 0.251 e. The zero-order valence-corrected chi connectivity index (χ0v) is 11.7. The molecule has 0 radical (unpaired) electrons. The minimum absolute atomic E-state index is 0.0815. The summed E-state index contributed by atoms with van der Waals surface area (Å²) in [6.45, 7) is 2.45. The van der Waals surface area contributed by atoms with Crippen molar-refractivity contribution in [2.75, 3.05) is 12.0 Å². The van der Waals surface area contributed by atoms with Crippen molar-refractivity contribution in [3.8, 4) is 0 Å². The Morgan fingerprint density at radius 3 is 2.80 bits per heavy atom. The molecule has 20 heavy (non-hydrogen) atoms. The summed E-state index contributed by atoms with van der Waals surface area (Å²) in [4.78, 5) is 12.1. The van der Waals surface area contributed by atoms with Crippen LogP contribution in [0.4, 0.5) is 5.69 Å². The summed E-state index contributed by atoms with van der Waals surface area (Å²) in [5, 5.41) is 7.16. The minimum atomic E-state index is -0.0815. The number of aryl methyl sites for hydroxylation is 2. The fourth-order valence-electron chi connectivity index (χ4n) is 2.00. The van der Waals surface area contributed by atoms with E-state index in [9.17, 15) is 4.79 Å². The average molecular weight is 273 g/mol. The lowest BCUT2D eigenvalue weighted by Crippen LogP contribution is -2.26. The van der Waals surface area contributed by atoms with Crippen molar-refractivity contribution in [2.24, 2.45) is 12.9 Å². The Hall–Kier alpha value is -2.34. The summed E-state index contributed by atoms with van der Waals surface area (Å²) in [6.07, 6.45) is 2.61. The number of anilines is 1. The number of benzene rings is 1. The molecule has 0 fully saturated rings. The summed E-state index contributed by atoms with van der Waals surface area (Å²) in [6, 6.07) is 7.33. The van der Waals surface area contributed by atoms with Crippen molar-refractivity contribution in [1.82, 2.24) is 15.1 Å². The predicted molar refractivity (Wildman–Crippen MR) is 78.2 cm³/mol. The Labute approximate surface area is 117 Å². The van der Waals surface area contributed by atoms with E-state index in [1.54, 1.807) is 16.8 Å². The standard InChI is InChI=1S/C14H19N5O/c1-10-9-12(17-15)3-4-13(10)14(20)16-7-5-11-6-8-19(2)18-11/h3-4,6,8-9,17H,5,7,15H2,1-2H3,(H,16,20). The first-order chi connectivity index (χ1) is 9.60. The van der Waals surface area contributed by atoms with Gasteiger partial charge in [0.2, 0.25) is 0 Å². The Morgan fingerprint density at radius 1 is 1.40 bits per heavy atom. The van der Waals surface area contributed by atoms with Gasteiger partial charge >= 0.3 is 0 Å². The number of hydrazine groups is 1. The van der Waals surface area contributed by atoms with E-state index in [0.717, 1.165) is 16.9 Å². The van der Waals surface area contributed by atoms with Crippen molar-refractivity contribution in [2.45, 2.75) is 13.3 Å². The maximum atomic E-state index is 12.1. The van der Waals surface area contributed by atoms with Gasteiger partial charge < -0.3 is 10.7 Å². The maximum absolute atomic E-state index is 12.1. The lowest BCUT2D eigenvalue weighted by molar-refractivity contribution is 0.0953. The van der Waals surface area contributed by atoms with Gasteiger partial charge in [-0.3, -0.25) is 15.3 Å². The zero-order valence-electron chi connectivity index (χ0n) is 11.7.